The average Bonchev–Trinajstić information content (AvgIpc) is 2.16. The van der Waals surface area contributed by atoms with Crippen molar-refractivity contribution in [3.63, 3.8) is 0 Å². The van der Waals surface area contributed by atoms with Crippen LogP contribution < -0.4 is 5.73 Å². The second-order valence-electron chi connectivity index (χ2n) is 3.33. The summed E-state index contributed by atoms with van der Waals surface area (Å²) in [6.45, 7) is 2.89. The van der Waals surface area contributed by atoms with Crippen LogP contribution in [-0.2, 0) is 9.84 Å². The predicted octanol–water partition coefficient (Wildman–Crippen LogP) is 0.627. The van der Waals surface area contributed by atoms with Crippen LogP contribution in [0.4, 0.5) is 5.82 Å². The van der Waals surface area contributed by atoms with Gasteiger partial charge in [0.05, 0.1) is 5.25 Å². The first-order valence-corrected chi connectivity index (χ1v) is 5.91. The van der Waals surface area contributed by atoms with Crippen LogP contribution in [-0.4, -0.2) is 23.8 Å². The molecule has 2 N–H and O–H groups in total. The van der Waals surface area contributed by atoms with Crippen LogP contribution in [0.15, 0.2) is 18.2 Å². The number of carbonyl (C=O) groups is 1. The molecule has 5 nitrogen and oxygen atoms in total. The van der Waals surface area contributed by atoms with Crippen molar-refractivity contribution in [2.75, 3.05) is 5.73 Å². The van der Waals surface area contributed by atoms with Crippen LogP contribution >= 0.6 is 0 Å². The number of pyridine rings is 1. The van der Waals surface area contributed by atoms with Crippen LogP contribution in [0.2, 0.25) is 0 Å². The fraction of sp³-hybridized carbons (Fsp3) is 0.333. The lowest BCUT2D eigenvalue weighted by atomic mass is 10.4. The third-order valence-corrected chi connectivity index (χ3v) is 3.83. The van der Waals surface area contributed by atoms with E-state index in [-0.39, 0.29) is 11.5 Å². The van der Waals surface area contributed by atoms with Gasteiger partial charge in [-0.1, -0.05) is 6.07 Å². The molecule has 0 fully saturated rings. The molecular weight excluding hydrogens is 216 g/mol. The molecule has 0 aromatic carbocycles. The minimum absolute atomic E-state index is 0.125. The van der Waals surface area contributed by atoms with E-state index in [1.165, 1.54) is 32.0 Å². The summed E-state index contributed by atoms with van der Waals surface area (Å²) >= 11 is 0. The van der Waals surface area contributed by atoms with Gasteiger partial charge in [-0.25, -0.2) is 13.4 Å². The Morgan fingerprint density at radius 3 is 2.47 bits per heavy atom. The number of carbonyl (C=O) groups excluding carboxylic acids is 1. The summed E-state index contributed by atoms with van der Waals surface area (Å²) in [5.41, 5.74) is 5.22. The number of hydrogen-bond acceptors (Lipinski definition) is 5. The van der Waals surface area contributed by atoms with Crippen molar-refractivity contribution in [1.82, 2.24) is 4.98 Å². The van der Waals surface area contributed by atoms with E-state index in [9.17, 15) is 13.2 Å². The average molecular weight is 228 g/mol. The van der Waals surface area contributed by atoms with Gasteiger partial charge in [0.1, 0.15) is 11.5 Å². The maximum atomic E-state index is 11.6. The Balaban J connectivity index is 3.17. The van der Waals surface area contributed by atoms with Gasteiger partial charge >= 0.3 is 0 Å². The van der Waals surface area contributed by atoms with E-state index in [1.807, 2.05) is 0 Å². The number of nitrogens with two attached hydrogens (primary N) is 1. The lowest BCUT2D eigenvalue weighted by Gasteiger charge is -2.05. The fourth-order valence-corrected chi connectivity index (χ4v) is 1.76. The molecule has 1 heterocycles. The highest BCUT2D eigenvalue weighted by molar-refractivity contribution is 8.07. The lowest BCUT2D eigenvalue weighted by molar-refractivity contribution is 0.107. The fourth-order valence-electron chi connectivity index (χ4n) is 0.925. The molecule has 0 spiro atoms. The normalized spacial score (nSPS) is 11.7. The van der Waals surface area contributed by atoms with E-state index >= 15 is 0 Å². The molecule has 0 aliphatic heterocycles. The first-order valence-electron chi connectivity index (χ1n) is 4.36. The summed E-state index contributed by atoms with van der Waals surface area (Å²) in [5.74, 6) is 0.125. The Morgan fingerprint density at radius 2 is 2.00 bits per heavy atom. The highest BCUT2D eigenvalue weighted by atomic mass is 32.2. The smallest absolute Gasteiger partial charge is 0.295 e. The molecule has 0 aliphatic rings. The topological polar surface area (TPSA) is 90.1 Å². The summed E-state index contributed by atoms with van der Waals surface area (Å²) in [7, 11) is -3.80. The maximum Gasteiger partial charge on any atom is 0.295 e. The Morgan fingerprint density at radius 1 is 1.40 bits per heavy atom. The van der Waals surface area contributed by atoms with E-state index in [0.717, 1.165) is 0 Å². The summed E-state index contributed by atoms with van der Waals surface area (Å²) in [6, 6.07) is 4.31. The first kappa shape index (κ1) is 11.6. The molecule has 0 bridgehead atoms. The first-order chi connectivity index (χ1) is 6.85. The van der Waals surface area contributed by atoms with Crippen LogP contribution in [0.5, 0.6) is 0 Å². The van der Waals surface area contributed by atoms with Crippen LogP contribution in [0.1, 0.15) is 24.3 Å². The number of nitrogen functional groups attached to an aromatic ring is 1. The van der Waals surface area contributed by atoms with Crippen molar-refractivity contribution in [2.45, 2.75) is 19.1 Å². The zero-order valence-electron chi connectivity index (χ0n) is 8.47. The molecule has 1 rings (SSSR count). The van der Waals surface area contributed by atoms with Gasteiger partial charge in [-0.05, 0) is 26.0 Å². The highest BCUT2D eigenvalue weighted by Crippen LogP contribution is 2.10. The lowest BCUT2D eigenvalue weighted by Crippen LogP contribution is -2.24. The molecular formula is C9H12N2O3S. The van der Waals surface area contributed by atoms with Crippen LogP contribution in [0.3, 0.4) is 0 Å². The summed E-state index contributed by atoms with van der Waals surface area (Å²) in [5, 5.41) is -1.74. The monoisotopic (exact) mass is 228 g/mol. The predicted molar refractivity (Wildman–Crippen MR) is 57.0 cm³/mol. The van der Waals surface area contributed by atoms with Gasteiger partial charge in [0, 0.05) is 0 Å². The van der Waals surface area contributed by atoms with E-state index in [2.05, 4.69) is 4.98 Å². The number of sulfone groups is 1. The molecule has 82 valence electrons. The minimum atomic E-state index is -3.80. The molecule has 1 aromatic heterocycles. The standard InChI is InChI=1S/C9H12N2O3S/c1-6(2)15(13,14)9(12)7-4-3-5-8(10)11-7/h3-6H,1-2H3,(H2,10,11). The van der Waals surface area contributed by atoms with E-state index in [4.69, 9.17) is 5.73 Å². The van der Waals surface area contributed by atoms with Crippen LogP contribution in [0.25, 0.3) is 0 Å². The molecule has 0 amide bonds. The number of rotatable bonds is 2. The minimum Gasteiger partial charge on any atom is -0.384 e. The maximum absolute atomic E-state index is 11.6. The molecule has 6 heteroatoms. The second kappa shape index (κ2) is 3.98. The zero-order chi connectivity index (χ0) is 11.6. The molecule has 0 saturated heterocycles. The molecule has 0 aliphatic carbocycles. The third kappa shape index (κ3) is 2.33. The highest BCUT2D eigenvalue weighted by Gasteiger charge is 2.28. The number of hydrogen-bond donors (Lipinski definition) is 1. The summed E-state index contributed by atoms with van der Waals surface area (Å²) in [4.78, 5) is 15.2. The molecule has 1 aromatic rings. The molecule has 0 radical (unpaired) electrons. The summed E-state index contributed by atoms with van der Waals surface area (Å²) in [6.07, 6.45) is 0. The van der Waals surface area contributed by atoms with Crippen molar-refractivity contribution in [3.8, 4) is 0 Å². The Hall–Kier alpha value is -1.43. The Bertz CT molecular complexity index is 480. The van der Waals surface area contributed by atoms with E-state index < -0.39 is 20.2 Å². The van der Waals surface area contributed by atoms with Crippen molar-refractivity contribution in [2.24, 2.45) is 0 Å². The molecule has 0 saturated carbocycles. The number of anilines is 1. The Kier molecular flexibility index (Phi) is 3.09. The zero-order valence-corrected chi connectivity index (χ0v) is 9.28. The van der Waals surface area contributed by atoms with Crippen molar-refractivity contribution in [3.05, 3.63) is 23.9 Å². The molecule has 0 unspecified atom stereocenters. The largest absolute Gasteiger partial charge is 0.384 e. The van der Waals surface area contributed by atoms with Gasteiger partial charge in [0.25, 0.3) is 5.12 Å². The second-order valence-corrected chi connectivity index (χ2v) is 5.73. The van der Waals surface area contributed by atoms with Gasteiger partial charge in [-0.15, -0.1) is 0 Å². The number of aromatic nitrogens is 1. The van der Waals surface area contributed by atoms with Crippen molar-refractivity contribution in [1.29, 1.82) is 0 Å². The van der Waals surface area contributed by atoms with E-state index in [1.54, 1.807) is 0 Å². The van der Waals surface area contributed by atoms with Crippen molar-refractivity contribution >= 4 is 20.8 Å². The van der Waals surface area contributed by atoms with E-state index in [0.29, 0.717) is 0 Å². The van der Waals surface area contributed by atoms with Crippen molar-refractivity contribution < 1.29 is 13.2 Å². The van der Waals surface area contributed by atoms with Gasteiger partial charge < -0.3 is 5.73 Å². The number of nitrogens with zero attached hydrogens (tertiary/aromatic N) is 1. The molecule has 15 heavy (non-hydrogen) atoms. The summed E-state index contributed by atoms with van der Waals surface area (Å²) < 4.78 is 23.0. The SMILES string of the molecule is CC(C)S(=O)(=O)C(=O)c1cccc(N)n1. The third-order valence-electron chi connectivity index (χ3n) is 1.86. The van der Waals surface area contributed by atoms with Gasteiger partial charge in [0.15, 0.2) is 0 Å². The van der Waals surface area contributed by atoms with Gasteiger partial charge in [-0.3, -0.25) is 4.79 Å². The molecule has 0 atom stereocenters. The Labute approximate surface area is 88.2 Å². The quantitative estimate of drug-likeness (QED) is 0.801. The van der Waals surface area contributed by atoms with Gasteiger partial charge in [0.2, 0.25) is 9.84 Å². The van der Waals surface area contributed by atoms with Gasteiger partial charge in [-0.2, -0.15) is 0 Å². The van der Waals surface area contributed by atoms with Crippen LogP contribution in [0, 0.1) is 0 Å².